The van der Waals surface area contributed by atoms with E-state index in [1.807, 2.05) is 0 Å². The van der Waals surface area contributed by atoms with Gasteiger partial charge in [0.25, 0.3) is 0 Å². The smallest absolute Gasteiger partial charge is 0.168 e. The number of anilines is 1. The van der Waals surface area contributed by atoms with Gasteiger partial charge in [0.1, 0.15) is 0 Å². The zero-order valence-corrected chi connectivity index (χ0v) is 5.06. The highest BCUT2D eigenvalue weighted by Crippen LogP contribution is 2.08. The number of halogens is 1. The number of aryl methyl sites for hydroxylation is 1. The Morgan fingerprint density at radius 3 is 2.78 bits per heavy atom. The van der Waals surface area contributed by atoms with Gasteiger partial charge < -0.3 is 5.73 Å². The molecule has 0 aliphatic carbocycles. The summed E-state index contributed by atoms with van der Waals surface area (Å²) < 4.78 is 12.5. The van der Waals surface area contributed by atoms with E-state index >= 15 is 0 Å². The van der Waals surface area contributed by atoms with Crippen LogP contribution >= 0.6 is 0 Å². The topological polar surface area (TPSA) is 38.9 Å². The van der Waals surface area contributed by atoms with Gasteiger partial charge in [-0.25, -0.2) is 9.37 Å². The largest absolute Gasteiger partial charge is 0.381 e. The van der Waals surface area contributed by atoms with E-state index in [9.17, 15) is 4.39 Å². The highest BCUT2D eigenvalue weighted by molar-refractivity contribution is 5.33. The summed E-state index contributed by atoms with van der Waals surface area (Å²) in [4.78, 5) is 3.54. The normalized spacial score (nSPS) is 9.56. The predicted molar refractivity (Wildman–Crippen MR) is 33.3 cm³/mol. The molecule has 1 heterocycles. The molecule has 0 unspecified atom stereocenters. The van der Waals surface area contributed by atoms with E-state index in [0.717, 1.165) is 0 Å². The van der Waals surface area contributed by atoms with Crippen molar-refractivity contribution in [2.24, 2.45) is 0 Å². The molecule has 0 radical (unpaired) electrons. The Balaban J connectivity index is 3.25. The van der Waals surface area contributed by atoms with Crippen molar-refractivity contribution in [2.75, 3.05) is 5.73 Å². The Kier molecular flexibility index (Phi) is 1.34. The van der Waals surface area contributed by atoms with E-state index in [0.29, 0.717) is 5.56 Å². The number of rotatable bonds is 0. The zero-order valence-electron chi connectivity index (χ0n) is 5.06. The maximum atomic E-state index is 12.5. The third-order valence-corrected chi connectivity index (χ3v) is 1.11. The van der Waals surface area contributed by atoms with Crippen molar-refractivity contribution in [1.29, 1.82) is 0 Å². The van der Waals surface area contributed by atoms with Gasteiger partial charge in [-0.1, -0.05) is 0 Å². The van der Waals surface area contributed by atoms with Crippen LogP contribution in [0.25, 0.3) is 0 Å². The van der Waals surface area contributed by atoms with Gasteiger partial charge in [0.05, 0.1) is 0 Å². The summed E-state index contributed by atoms with van der Waals surface area (Å²) >= 11 is 0. The average molecular weight is 126 g/mol. The molecule has 0 atom stereocenters. The molecule has 1 aromatic heterocycles. The van der Waals surface area contributed by atoms with Crippen molar-refractivity contribution < 1.29 is 4.39 Å². The molecule has 2 nitrogen and oxygen atoms in total. The van der Waals surface area contributed by atoms with Gasteiger partial charge in [0.15, 0.2) is 11.6 Å². The highest BCUT2D eigenvalue weighted by atomic mass is 19.1. The van der Waals surface area contributed by atoms with Crippen LogP contribution in [0.4, 0.5) is 10.2 Å². The molecule has 0 saturated heterocycles. The lowest BCUT2D eigenvalue weighted by atomic mass is 10.3. The van der Waals surface area contributed by atoms with E-state index in [-0.39, 0.29) is 5.82 Å². The molecule has 2 N–H and O–H groups in total. The number of nitrogens with two attached hydrogens (primary N) is 1. The quantitative estimate of drug-likeness (QED) is 0.565. The van der Waals surface area contributed by atoms with Gasteiger partial charge in [-0.05, 0) is 18.6 Å². The second-order valence-electron chi connectivity index (χ2n) is 1.83. The van der Waals surface area contributed by atoms with Gasteiger partial charge in [-0.2, -0.15) is 0 Å². The van der Waals surface area contributed by atoms with Gasteiger partial charge in [-0.15, -0.1) is 0 Å². The molecule has 0 aromatic carbocycles. The van der Waals surface area contributed by atoms with Crippen LogP contribution < -0.4 is 5.73 Å². The summed E-state index contributed by atoms with van der Waals surface area (Å²) in [6.07, 6.45) is 1.48. The number of hydrogen-bond donors (Lipinski definition) is 1. The van der Waals surface area contributed by atoms with E-state index in [4.69, 9.17) is 5.73 Å². The summed E-state index contributed by atoms with van der Waals surface area (Å²) in [5, 5.41) is 0. The van der Waals surface area contributed by atoms with Crippen LogP contribution in [0.15, 0.2) is 12.3 Å². The first kappa shape index (κ1) is 6.01. The Hall–Kier alpha value is -1.12. The molecular formula is C6H7FN2. The third kappa shape index (κ3) is 0.988. The Morgan fingerprint density at radius 2 is 2.33 bits per heavy atom. The fraction of sp³-hybridized carbons (Fsp3) is 0.167. The van der Waals surface area contributed by atoms with E-state index in [1.165, 1.54) is 6.20 Å². The minimum Gasteiger partial charge on any atom is -0.381 e. The summed E-state index contributed by atoms with van der Waals surface area (Å²) in [7, 11) is 0. The molecule has 9 heavy (non-hydrogen) atoms. The summed E-state index contributed by atoms with van der Waals surface area (Å²) in [6, 6.07) is 1.58. The summed E-state index contributed by atoms with van der Waals surface area (Å²) in [5.41, 5.74) is 5.66. The summed E-state index contributed by atoms with van der Waals surface area (Å²) in [6.45, 7) is 1.65. The number of nitrogens with zero attached hydrogens (tertiary/aromatic N) is 1. The molecule has 0 fully saturated rings. The monoisotopic (exact) mass is 126 g/mol. The lowest BCUT2D eigenvalue weighted by molar-refractivity contribution is 0.618. The molecule has 0 aliphatic heterocycles. The van der Waals surface area contributed by atoms with Crippen LogP contribution in [0.1, 0.15) is 5.56 Å². The van der Waals surface area contributed by atoms with Crippen molar-refractivity contribution in [1.82, 2.24) is 4.98 Å². The molecule has 0 spiro atoms. The fourth-order valence-corrected chi connectivity index (χ4v) is 0.561. The van der Waals surface area contributed by atoms with Crippen molar-refractivity contribution >= 4 is 5.82 Å². The highest BCUT2D eigenvalue weighted by Gasteiger charge is 1.99. The zero-order chi connectivity index (χ0) is 6.85. The molecule has 3 heteroatoms. The number of aromatic nitrogens is 1. The van der Waals surface area contributed by atoms with Crippen LogP contribution in [0.5, 0.6) is 0 Å². The van der Waals surface area contributed by atoms with Crippen LogP contribution in [-0.2, 0) is 0 Å². The molecule has 1 aromatic rings. The average Bonchev–Trinajstić information content (AvgIpc) is 1.83. The second-order valence-corrected chi connectivity index (χ2v) is 1.83. The van der Waals surface area contributed by atoms with E-state index < -0.39 is 5.82 Å². The number of nitrogen functional groups attached to an aromatic ring is 1. The van der Waals surface area contributed by atoms with Gasteiger partial charge in [-0.3, -0.25) is 0 Å². The van der Waals surface area contributed by atoms with Crippen LogP contribution in [-0.4, -0.2) is 4.98 Å². The Labute approximate surface area is 52.5 Å². The fourth-order valence-electron chi connectivity index (χ4n) is 0.561. The maximum absolute atomic E-state index is 12.5. The minimum atomic E-state index is -0.419. The van der Waals surface area contributed by atoms with Gasteiger partial charge in [0.2, 0.25) is 0 Å². The lowest BCUT2D eigenvalue weighted by Crippen LogP contribution is -1.95. The van der Waals surface area contributed by atoms with Crippen LogP contribution in [0.2, 0.25) is 0 Å². The van der Waals surface area contributed by atoms with Gasteiger partial charge >= 0.3 is 0 Å². The first-order chi connectivity index (χ1) is 4.22. The molecule has 0 amide bonds. The van der Waals surface area contributed by atoms with Crippen molar-refractivity contribution in [3.05, 3.63) is 23.6 Å². The molecule has 0 aliphatic rings. The Morgan fingerprint density at radius 1 is 1.67 bits per heavy atom. The molecule has 1 rings (SSSR count). The standard InChI is InChI=1S/C6H7FN2/c1-4-2-3-9-6(8)5(4)7/h2-3H,1H3,(H2,8,9). The lowest BCUT2D eigenvalue weighted by Gasteiger charge is -1.95. The molecule has 0 saturated carbocycles. The predicted octanol–water partition coefficient (Wildman–Crippen LogP) is 1.11. The number of hydrogen-bond acceptors (Lipinski definition) is 2. The second kappa shape index (κ2) is 2.01. The molecule has 0 bridgehead atoms. The van der Waals surface area contributed by atoms with Crippen molar-refractivity contribution in [3.8, 4) is 0 Å². The minimum absolute atomic E-state index is 0.0324. The number of pyridine rings is 1. The van der Waals surface area contributed by atoms with E-state index in [1.54, 1.807) is 13.0 Å². The first-order valence-electron chi connectivity index (χ1n) is 2.58. The SMILES string of the molecule is Cc1ccnc(N)c1F. The van der Waals surface area contributed by atoms with Crippen LogP contribution in [0.3, 0.4) is 0 Å². The Bertz CT molecular complexity index is 202. The molecule has 48 valence electrons. The first-order valence-corrected chi connectivity index (χ1v) is 2.58. The van der Waals surface area contributed by atoms with E-state index in [2.05, 4.69) is 4.98 Å². The third-order valence-electron chi connectivity index (χ3n) is 1.11. The van der Waals surface area contributed by atoms with Gasteiger partial charge in [0, 0.05) is 6.20 Å². The van der Waals surface area contributed by atoms with Crippen molar-refractivity contribution in [2.45, 2.75) is 6.92 Å². The maximum Gasteiger partial charge on any atom is 0.168 e. The van der Waals surface area contributed by atoms with Crippen molar-refractivity contribution in [3.63, 3.8) is 0 Å². The molecular weight excluding hydrogens is 119 g/mol. The van der Waals surface area contributed by atoms with Crippen LogP contribution in [0, 0.1) is 12.7 Å². The summed E-state index contributed by atoms with van der Waals surface area (Å²) in [5.74, 6) is -0.451.